The number of nitrogens with zero attached hydrogens (tertiary/aromatic N) is 2. The van der Waals surface area contributed by atoms with Gasteiger partial charge in [-0.25, -0.2) is 0 Å². The third-order valence-electron chi connectivity index (χ3n) is 2.25. The lowest BCUT2D eigenvalue weighted by atomic mass is 10.3. The molecule has 0 amide bonds. The molecule has 2 aromatic rings. The molecule has 1 heterocycles. The Morgan fingerprint density at radius 3 is 3.00 bits per heavy atom. The zero-order valence-corrected chi connectivity index (χ0v) is 12.3. The molecule has 2 N–H and O–H groups in total. The van der Waals surface area contributed by atoms with E-state index in [1.165, 1.54) is 0 Å². The van der Waals surface area contributed by atoms with Crippen LogP contribution in [0.1, 0.15) is 19.2 Å². The van der Waals surface area contributed by atoms with Gasteiger partial charge in [0.15, 0.2) is 0 Å². The molecule has 5 nitrogen and oxygen atoms in total. The van der Waals surface area contributed by atoms with Crippen LogP contribution in [0.15, 0.2) is 28.7 Å². The first kappa shape index (κ1) is 13.3. The van der Waals surface area contributed by atoms with Crippen molar-refractivity contribution in [2.45, 2.75) is 19.9 Å². The molecule has 0 atom stereocenters. The first-order valence-electron chi connectivity index (χ1n) is 5.83. The third-order valence-corrected chi connectivity index (χ3v) is 2.92. The van der Waals surface area contributed by atoms with E-state index in [0.717, 1.165) is 22.2 Å². The van der Waals surface area contributed by atoms with Crippen molar-refractivity contribution in [3.8, 4) is 0 Å². The minimum absolute atomic E-state index is 0.422. The average molecular weight is 358 g/mol. The van der Waals surface area contributed by atoms with Gasteiger partial charge in [-0.15, -0.1) is 5.10 Å². The molecule has 18 heavy (non-hydrogen) atoms. The molecule has 96 valence electrons. The molecule has 2 rings (SSSR count). The van der Waals surface area contributed by atoms with Crippen LogP contribution < -0.4 is 10.6 Å². The van der Waals surface area contributed by atoms with Gasteiger partial charge in [0.2, 0.25) is 5.89 Å². The number of rotatable bonds is 6. The molecule has 0 bridgehead atoms. The van der Waals surface area contributed by atoms with Crippen molar-refractivity contribution in [3.05, 3.63) is 33.7 Å². The van der Waals surface area contributed by atoms with Gasteiger partial charge in [-0.1, -0.05) is 18.1 Å². The van der Waals surface area contributed by atoms with Gasteiger partial charge in [-0.05, 0) is 53.8 Å². The Hall–Kier alpha value is -1.15. The highest BCUT2D eigenvalue weighted by Gasteiger charge is 2.05. The van der Waals surface area contributed by atoms with Crippen LogP contribution in [0.5, 0.6) is 0 Å². The highest BCUT2D eigenvalue weighted by atomic mass is 127. The summed E-state index contributed by atoms with van der Waals surface area (Å²) in [6, 6.07) is 8.40. The van der Waals surface area contributed by atoms with Gasteiger partial charge in [-0.2, -0.15) is 0 Å². The molecule has 0 saturated heterocycles. The number of benzene rings is 1. The van der Waals surface area contributed by atoms with Gasteiger partial charge in [0, 0.05) is 9.26 Å². The molecule has 6 heteroatoms. The minimum atomic E-state index is 0.422. The van der Waals surface area contributed by atoms with E-state index in [-0.39, 0.29) is 0 Å². The molecular formula is C12H15IN4O. The maximum absolute atomic E-state index is 5.48. The fourth-order valence-electron chi connectivity index (χ4n) is 1.44. The Balaban J connectivity index is 1.94. The second-order valence-electron chi connectivity index (χ2n) is 3.81. The largest absolute Gasteiger partial charge is 0.406 e. The first-order valence-corrected chi connectivity index (χ1v) is 6.91. The van der Waals surface area contributed by atoms with E-state index in [4.69, 9.17) is 4.42 Å². The molecule has 0 aliphatic carbocycles. The summed E-state index contributed by atoms with van der Waals surface area (Å²) in [5.74, 6) is 0.594. The van der Waals surface area contributed by atoms with Gasteiger partial charge in [0.05, 0.1) is 6.54 Å². The van der Waals surface area contributed by atoms with Gasteiger partial charge in [-0.3, -0.25) is 0 Å². The summed E-state index contributed by atoms with van der Waals surface area (Å²) in [7, 11) is 0. The lowest BCUT2D eigenvalue weighted by Gasteiger charge is -2.01. The predicted octanol–water partition coefficient (Wildman–Crippen LogP) is 2.92. The number of nitrogens with one attached hydrogen (secondary N) is 2. The molecule has 0 fully saturated rings. The van der Waals surface area contributed by atoms with E-state index in [9.17, 15) is 0 Å². The van der Waals surface area contributed by atoms with Crippen LogP contribution in [-0.4, -0.2) is 16.7 Å². The molecule has 1 aromatic carbocycles. The van der Waals surface area contributed by atoms with Crippen molar-refractivity contribution in [2.24, 2.45) is 0 Å². The summed E-state index contributed by atoms with van der Waals surface area (Å²) < 4.78 is 6.63. The smallest absolute Gasteiger partial charge is 0.320 e. The lowest BCUT2D eigenvalue weighted by molar-refractivity contribution is 0.479. The quantitative estimate of drug-likeness (QED) is 0.614. The van der Waals surface area contributed by atoms with Crippen molar-refractivity contribution < 1.29 is 4.42 Å². The molecule has 0 radical (unpaired) electrons. The standard InChI is InChI=1S/C12H15IN4O/c1-2-6-14-8-11-16-17-12(18-11)15-10-5-3-4-9(13)7-10/h3-5,7,14H,2,6,8H2,1H3,(H,15,17). The Bertz CT molecular complexity index is 500. The third kappa shape index (κ3) is 3.95. The number of anilines is 2. The lowest BCUT2D eigenvalue weighted by Crippen LogP contribution is -2.13. The Labute approximate surface area is 120 Å². The number of halogens is 1. The first-order chi connectivity index (χ1) is 8.78. The number of aromatic nitrogens is 2. The molecule has 0 aliphatic rings. The van der Waals surface area contributed by atoms with Crippen molar-refractivity contribution in [2.75, 3.05) is 11.9 Å². The Morgan fingerprint density at radius 2 is 2.22 bits per heavy atom. The highest BCUT2D eigenvalue weighted by molar-refractivity contribution is 14.1. The summed E-state index contributed by atoms with van der Waals surface area (Å²) in [4.78, 5) is 0. The van der Waals surface area contributed by atoms with Crippen LogP contribution in [0.4, 0.5) is 11.7 Å². The van der Waals surface area contributed by atoms with Crippen LogP contribution in [-0.2, 0) is 6.54 Å². The van der Waals surface area contributed by atoms with E-state index in [2.05, 4.69) is 50.3 Å². The van der Waals surface area contributed by atoms with Crippen LogP contribution in [0.2, 0.25) is 0 Å². The van der Waals surface area contributed by atoms with Crippen LogP contribution in [0.25, 0.3) is 0 Å². The van der Waals surface area contributed by atoms with Crippen molar-refractivity contribution >= 4 is 34.3 Å². The van der Waals surface area contributed by atoms with Crippen LogP contribution in [0.3, 0.4) is 0 Å². The summed E-state index contributed by atoms with van der Waals surface area (Å²) in [6.07, 6.45) is 1.09. The van der Waals surface area contributed by atoms with Crippen molar-refractivity contribution in [1.82, 2.24) is 15.5 Å². The minimum Gasteiger partial charge on any atom is -0.406 e. The zero-order chi connectivity index (χ0) is 12.8. The van der Waals surface area contributed by atoms with Gasteiger partial charge >= 0.3 is 6.01 Å². The van der Waals surface area contributed by atoms with E-state index >= 15 is 0 Å². The zero-order valence-electron chi connectivity index (χ0n) is 10.1. The Kier molecular flexibility index (Phi) is 4.94. The number of hydrogen-bond donors (Lipinski definition) is 2. The molecule has 1 aromatic heterocycles. The monoisotopic (exact) mass is 358 g/mol. The summed E-state index contributed by atoms with van der Waals surface area (Å²) in [5.41, 5.74) is 0.943. The summed E-state index contributed by atoms with van der Waals surface area (Å²) >= 11 is 2.26. The van der Waals surface area contributed by atoms with Gasteiger partial charge in [0.1, 0.15) is 0 Å². The SMILES string of the molecule is CCCNCc1nnc(Nc2cccc(I)c2)o1. The van der Waals surface area contributed by atoms with E-state index < -0.39 is 0 Å². The summed E-state index contributed by atoms with van der Waals surface area (Å²) in [5, 5.41) is 14.2. The van der Waals surface area contributed by atoms with Gasteiger partial charge < -0.3 is 15.1 Å². The topological polar surface area (TPSA) is 63.0 Å². The van der Waals surface area contributed by atoms with Crippen LogP contribution >= 0.6 is 22.6 Å². The molecule has 0 saturated carbocycles. The summed E-state index contributed by atoms with van der Waals surface area (Å²) in [6.45, 7) is 3.67. The maximum Gasteiger partial charge on any atom is 0.320 e. The Morgan fingerprint density at radius 1 is 1.33 bits per heavy atom. The molecule has 0 spiro atoms. The second kappa shape index (κ2) is 6.69. The molecule has 0 unspecified atom stereocenters. The molecular weight excluding hydrogens is 343 g/mol. The predicted molar refractivity (Wildman–Crippen MR) is 78.7 cm³/mol. The van der Waals surface area contributed by atoms with Gasteiger partial charge in [0.25, 0.3) is 0 Å². The maximum atomic E-state index is 5.48. The van der Waals surface area contributed by atoms with E-state index in [1.54, 1.807) is 0 Å². The normalized spacial score (nSPS) is 10.6. The second-order valence-corrected chi connectivity index (χ2v) is 5.06. The fourth-order valence-corrected chi connectivity index (χ4v) is 1.98. The van der Waals surface area contributed by atoms with Crippen LogP contribution in [0, 0.1) is 3.57 Å². The number of hydrogen-bond acceptors (Lipinski definition) is 5. The highest BCUT2D eigenvalue weighted by Crippen LogP contribution is 2.17. The average Bonchev–Trinajstić information content (AvgIpc) is 2.77. The molecule has 0 aliphatic heterocycles. The van der Waals surface area contributed by atoms with Crippen molar-refractivity contribution in [1.29, 1.82) is 0 Å². The van der Waals surface area contributed by atoms with Crippen molar-refractivity contribution in [3.63, 3.8) is 0 Å². The van der Waals surface area contributed by atoms with E-state index in [1.807, 2.05) is 24.3 Å². The van der Waals surface area contributed by atoms with E-state index in [0.29, 0.717) is 18.5 Å². The fraction of sp³-hybridized carbons (Fsp3) is 0.333.